The number of nitrogens with two attached hydrogens (primary N) is 1. The van der Waals surface area contributed by atoms with Gasteiger partial charge >= 0.3 is 0 Å². The number of benzene rings is 1. The van der Waals surface area contributed by atoms with E-state index in [9.17, 15) is 9.59 Å². The van der Waals surface area contributed by atoms with Crippen LogP contribution in [0.4, 0.5) is 5.82 Å². The quantitative estimate of drug-likeness (QED) is 0.299. The number of nitrogens with one attached hydrogen (secondary N) is 1. The van der Waals surface area contributed by atoms with Gasteiger partial charge in [-0.3, -0.25) is 9.59 Å². The zero-order valence-electron chi connectivity index (χ0n) is 25.3. The predicted molar refractivity (Wildman–Crippen MR) is 170 cm³/mol. The number of anilines is 1. The number of methoxy groups -OCH3 is 1. The van der Waals surface area contributed by atoms with Gasteiger partial charge in [-0.15, -0.1) is 0 Å². The lowest BCUT2D eigenvalue weighted by atomic mass is 10.0. The predicted octanol–water partition coefficient (Wildman–Crippen LogP) is 4.13. The summed E-state index contributed by atoms with van der Waals surface area (Å²) in [5, 5.41) is 3.86. The summed E-state index contributed by atoms with van der Waals surface area (Å²) in [6.45, 7) is 1.55. The van der Waals surface area contributed by atoms with Crippen LogP contribution >= 0.6 is 0 Å². The standard InChI is InChI=1S/C34H34N8O3/c1-40-30-24(11-20(13-27(30)45-2)34(44)42-16-19-6-8-25(42)29(19)35)38-33(40)26-12-18-5-7-23(37-32(18)41(26)15-17-3-4-17)21-9-10-36-31-22(21)14-28(43)39-31/h5,7,9-13,17,19,25,29H,3-4,6,8,14-16,35H2,1-2H3,(H,36,39,43)/t19?,25?,29-/m1/s1. The van der Waals surface area contributed by atoms with Crippen molar-refractivity contribution in [2.45, 2.75) is 50.7 Å². The Balaban J connectivity index is 1.16. The Labute approximate surface area is 259 Å². The molecule has 6 heterocycles. The molecule has 0 radical (unpaired) electrons. The molecule has 5 aromatic rings. The highest BCUT2D eigenvalue weighted by molar-refractivity contribution is 6.01. The number of fused-ring (bicyclic) bond motifs is 5. The van der Waals surface area contributed by atoms with Crippen LogP contribution in [0.15, 0.2) is 42.6 Å². The van der Waals surface area contributed by atoms with Gasteiger partial charge in [0, 0.05) is 60.5 Å². The average molecular weight is 603 g/mol. The Morgan fingerprint density at radius 1 is 1.11 bits per heavy atom. The number of piperidine rings is 1. The summed E-state index contributed by atoms with van der Waals surface area (Å²) < 4.78 is 10.2. The van der Waals surface area contributed by atoms with Crippen LogP contribution in [0, 0.1) is 11.8 Å². The molecular formula is C34H34N8O3. The molecule has 228 valence electrons. The van der Waals surface area contributed by atoms with E-state index in [2.05, 4.69) is 31.6 Å². The summed E-state index contributed by atoms with van der Waals surface area (Å²) in [5.74, 6) is 2.92. The molecule has 2 aliphatic carbocycles. The zero-order chi connectivity index (χ0) is 30.6. The second-order valence-corrected chi connectivity index (χ2v) is 13.1. The number of amides is 2. The van der Waals surface area contributed by atoms with Crippen LogP contribution in [0.1, 0.15) is 41.6 Å². The third-order valence-corrected chi connectivity index (χ3v) is 10.4. The number of likely N-dealkylation sites (tertiary alicyclic amines) is 1. The molecule has 3 atom stereocenters. The number of carbonyl (C=O) groups is 2. The first-order valence-electron chi connectivity index (χ1n) is 15.8. The first-order chi connectivity index (χ1) is 21.9. The van der Waals surface area contributed by atoms with Gasteiger partial charge in [0.25, 0.3) is 5.91 Å². The lowest BCUT2D eigenvalue weighted by Gasteiger charge is -2.27. The summed E-state index contributed by atoms with van der Waals surface area (Å²) >= 11 is 0. The van der Waals surface area contributed by atoms with Crippen molar-refractivity contribution in [1.82, 2.24) is 29.0 Å². The maximum Gasteiger partial charge on any atom is 0.254 e. The molecule has 11 heteroatoms. The number of pyridine rings is 2. The number of hydrogen-bond donors (Lipinski definition) is 2. The number of aryl methyl sites for hydroxylation is 1. The minimum atomic E-state index is -0.0520. The van der Waals surface area contributed by atoms with Crippen LogP contribution < -0.4 is 15.8 Å². The fraction of sp³-hybridized carbons (Fsp3) is 0.382. The molecular weight excluding hydrogens is 568 g/mol. The SMILES string of the molecule is COc1cc(C(=O)N2CC3CCC2[C@@H]3N)cc2nc(-c3cc4ccc(-c5ccnc6c5CC(=O)N6)nc4n3CC3CC3)n(C)c12. The minimum absolute atomic E-state index is 0.0101. The highest BCUT2D eigenvalue weighted by atomic mass is 16.5. The van der Waals surface area contributed by atoms with Crippen LogP contribution in [-0.2, 0) is 24.8 Å². The Bertz CT molecular complexity index is 2080. The minimum Gasteiger partial charge on any atom is -0.494 e. The molecule has 1 aromatic carbocycles. The van der Waals surface area contributed by atoms with Crippen molar-refractivity contribution < 1.29 is 14.3 Å². The topological polar surface area (TPSA) is 133 Å². The monoisotopic (exact) mass is 602 g/mol. The Hall–Kier alpha value is -4.77. The van der Waals surface area contributed by atoms with Gasteiger partial charge in [0.05, 0.1) is 30.4 Å². The molecule has 45 heavy (non-hydrogen) atoms. The third kappa shape index (κ3) is 4.03. The second-order valence-electron chi connectivity index (χ2n) is 13.1. The first-order valence-corrected chi connectivity index (χ1v) is 15.8. The van der Waals surface area contributed by atoms with Gasteiger partial charge < -0.3 is 29.8 Å². The molecule has 4 aliphatic rings. The van der Waals surface area contributed by atoms with E-state index >= 15 is 0 Å². The van der Waals surface area contributed by atoms with Gasteiger partial charge in [-0.1, -0.05) is 0 Å². The summed E-state index contributed by atoms with van der Waals surface area (Å²) in [7, 11) is 3.63. The fourth-order valence-electron chi connectivity index (χ4n) is 7.83. The van der Waals surface area contributed by atoms with Crippen LogP contribution in [0.2, 0.25) is 0 Å². The molecule has 3 fully saturated rings. The Morgan fingerprint density at radius 3 is 2.73 bits per heavy atom. The Morgan fingerprint density at radius 2 is 1.98 bits per heavy atom. The van der Waals surface area contributed by atoms with Crippen molar-refractivity contribution in [3.8, 4) is 28.5 Å². The van der Waals surface area contributed by atoms with Crippen molar-refractivity contribution in [2.24, 2.45) is 24.6 Å². The normalized spacial score (nSPS) is 22.1. The van der Waals surface area contributed by atoms with Crippen molar-refractivity contribution >= 4 is 39.7 Å². The van der Waals surface area contributed by atoms with Crippen LogP contribution in [0.25, 0.3) is 44.8 Å². The summed E-state index contributed by atoms with van der Waals surface area (Å²) in [6.07, 6.45) is 6.45. The number of hydrogen-bond acceptors (Lipinski definition) is 7. The fourth-order valence-corrected chi connectivity index (χ4v) is 7.83. The van der Waals surface area contributed by atoms with Crippen LogP contribution in [0.3, 0.4) is 0 Å². The molecule has 11 nitrogen and oxygen atoms in total. The number of aromatic nitrogens is 5. The molecule has 3 N–H and O–H groups in total. The van der Waals surface area contributed by atoms with Crippen LogP contribution in [-0.4, -0.2) is 66.5 Å². The van der Waals surface area contributed by atoms with E-state index in [1.165, 1.54) is 12.8 Å². The molecule has 9 rings (SSSR count). The molecule has 1 saturated heterocycles. The molecule has 2 unspecified atom stereocenters. The van der Waals surface area contributed by atoms with E-state index in [4.69, 9.17) is 20.4 Å². The molecule has 2 aliphatic heterocycles. The van der Waals surface area contributed by atoms with E-state index < -0.39 is 0 Å². The maximum absolute atomic E-state index is 13.7. The number of nitrogens with zero attached hydrogens (tertiary/aromatic N) is 6. The second kappa shape index (κ2) is 9.61. The van der Waals surface area contributed by atoms with Gasteiger partial charge in [-0.2, -0.15) is 0 Å². The van der Waals surface area contributed by atoms with Crippen molar-refractivity contribution in [1.29, 1.82) is 0 Å². The molecule has 2 bridgehead atoms. The largest absolute Gasteiger partial charge is 0.494 e. The van der Waals surface area contributed by atoms with Gasteiger partial charge in [0.1, 0.15) is 22.7 Å². The van der Waals surface area contributed by atoms with E-state index in [1.807, 2.05) is 36.2 Å². The van der Waals surface area contributed by atoms with E-state index in [-0.39, 0.29) is 23.9 Å². The van der Waals surface area contributed by atoms with E-state index in [0.29, 0.717) is 47.4 Å². The Kier molecular flexibility index (Phi) is 5.69. The van der Waals surface area contributed by atoms with E-state index in [1.54, 1.807) is 13.3 Å². The third-order valence-electron chi connectivity index (χ3n) is 10.4. The molecule has 2 saturated carbocycles. The number of carbonyl (C=O) groups excluding carboxylic acids is 2. The molecule has 0 spiro atoms. The van der Waals surface area contributed by atoms with E-state index in [0.717, 1.165) is 64.3 Å². The van der Waals surface area contributed by atoms with Crippen LogP contribution in [0.5, 0.6) is 5.75 Å². The number of rotatable bonds is 6. The summed E-state index contributed by atoms with van der Waals surface area (Å²) in [5.41, 5.74) is 13.0. The molecule has 2 amide bonds. The maximum atomic E-state index is 13.7. The van der Waals surface area contributed by atoms with Gasteiger partial charge in [-0.25, -0.2) is 15.0 Å². The lowest BCUT2D eigenvalue weighted by Crippen LogP contribution is -2.41. The van der Waals surface area contributed by atoms with Crippen molar-refractivity contribution in [3.05, 3.63) is 53.7 Å². The average Bonchev–Trinajstić information content (AvgIpc) is 3.27. The summed E-state index contributed by atoms with van der Waals surface area (Å²) in [6, 6.07) is 12.1. The van der Waals surface area contributed by atoms with Gasteiger partial charge in [0.2, 0.25) is 5.91 Å². The molecule has 4 aromatic heterocycles. The van der Waals surface area contributed by atoms with Gasteiger partial charge in [0.15, 0.2) is 5.82 Å². The van der Waals surface area contributed by atoms with Crippen molar-refractivity contribution in [2.75, 3.05) is 19.0 Å². The highest BCUT2D eigenvalue weighted by Gasteiger charge is 2.47. The van der Waals surface area contributed by atoms with Crippen molar-refractivity contribution in [3.63, 3.8) is 0 Å². The first kappa shape index (κ1) is 26.6. The highest BCUT2D eigenvalue weighted by Crippen LogP contribution is 2.41. The zero-order valence-corrected chi connectivity index (χ0v) is 25.3. The summed E-state index contributed by atoms with van der Waals surface area (Å²) in [4.78, 5) is 42.5. The smallest absolute Gasteiger partial charge is 0.254 e. The number of ether oxygens (including phenoxy) is 1. The number of imidazole rings is 1. The van der Waals surface area contributed by atoms with Gasteiger partial charge in [-0.05, 0) is 73.9 Å². The lowest BCUT2D eigenvalue weighted by molar-refractivity contribution is -0.115.